The topological polar surface area (TPSA) is 77.1 Å². The zero-order chi connectivity index (χ0) is 23.8. The SMILES string of the molecule is Cc1nc2cc(-c3n[nH]c4c3CN(C(=O)NC3CCCN(Cc5ccccc5)C3)CC4)ccc2s1. The Labute approximate surface area is 209 Å². The Balaban J connectivity index is 1.13. The molecule has 2 aliphatic rings. The highest BCUT2D eigenvalue weighted by molar-refractivity contribution is 7.18. The third-order valence-corrected chi connectivity index (χ3v) is 8.02. The molecule has 35 heavy (non-hydrogen) atoms. The Morgan fingerprint density at radius 3 is 2.97 bits per heavy atom. The van der Waals surface area contributed by atoms with Crippen LogP contribution in [0.25, 0.3) is 21.5 Å². The number of H-pyrrole nitrogens is 1. The minimum atomic E-state index is 0.0277. The lowest BCUT2D eigenvalue weighted by molar-refractivity contribution is 0.160. The maximum atomic E-state index is 13.2. The lowest BCUT2D eigenvalue weighted by Gasteiger charge is -2.35. The van der Waals surface area contributed by atoms with Crippen LogP contribution < -0.4 is 5.32 Å². The molecule has 2 aliphatic heterocycles. The molecule has 0 saturated carbocycles. The second-order valence-electron chi connectivity index (χ2n) is 9.63. The van der Waals surface area contributed by atoms with Crippen LogP contribution in [-0.4, -0.2) is 56.7 Å². The molecule has 0 radical (unpaired) electrons. The number of hydrogen-bond donors (Lipinski definition) is 2. The van der Waals surface area contributed by atoms with Crippen LogP contribution in [0, 0.1) is 6.92 Å². The van der Waals surface area contributed by atoms with Crippen LogP contribution in [0.3, 0.4) is 0 Å². The van der Waals surface area contributed by atoms with Crippen molar-refractivity contribution in [1.29, 1.82) is 0 Å². The van der Waals surface area contributed by atoms with Gasteiger partial charge in [0.25, 0.3) is 0 Å². The molecule has 0 spiro atoms. The monoisotopic (exact) mass is 486 g/mol. The van der Waals surface area contributed by atoms with E-state index in [2.05, 4.69) is 73.9 Å². The van der Waals surface area contributed by atoms with Crippen molar-refractivity contribution in [1.82, 2.24) is 30.3 Å². The Hall–Kier alpha value is -3.23. The molecule has 2 amide bonds. The van der Waals surface area contributed by atoms with Gasteiger partial charge in [0.1, 0.15) is 0 Å². The van der Waals surface area contributed by atoms with E-state index in [1.54, 1.807) is 11.3 Å². The first-order valence-corrected chi connectivity index (χ1v) is 13.2. The standard InChI is InChI=1S/C27H30N6OS/c1-18-28-24-14-20(9-10-25(24)35-18)26-22-17-33(13-11-23(22)30-31-26)27(34)29-21-8-5-12-32(16-21)15-19-6-3-2-4-7-19/h2-4,6-7,9-10,14,21H,5,8,11-13,15-17H2,1H3,(H,29,34)(H,30,31). The number of rotatable bonds is 4. The molecule has 8 heteroatoms. The van der Waals surface area contributed by atoms with Gasteiger partial charge in [0, 0.05) is 48.9 Å². The number of aromatic amines is 1. The summed E-state index contributed by atoms with van der Waals surface area (Å²) in [6, 6.07) is 17.1. The van der Waals surface area contributed by atoms with Crippen LogP contribution in [0.5, 0.6) is 0 Å². The first-order chi connectivity index (χ1) is 17.1. The molecule has 1 unspecified atom stereocenters. The van der Waals surface area contributed by atoms with Crippen LogP contribution in [-0.2, 0) is 19.5 Å². The molecule has 4 aromatic rings. The highest BCUT2D eigenvalue weighted by atomic mass is 32.1. The summed E-state index contributed by atoms with van der Waals surface area (Å²) in [6.07, 6.45) is 2.92. The van der Waals surface area contributed by atoms with Gasteiger partial charge >= 0.3 is 6.03 Å². The van der Waals surface area contributed by atoms with E-state index in [4.69, 9.17) is 0 Å². The molecule has 0 aliphatic carbocycles. The van der Waals surface area contributed by atoms with E-state index in [9.17, 15) is 4.79 Å². The van der Waals surface area contributed by atoms with Gasteiger partial charge in [0.05, 0.1) is 27.5 Å². The van der Waals surface area contributed by atoms with Crippen LogP contribution in [0.1, 0.15) is 34.7 Å². The van der Waals surface area contributed by atoms with Gasteiger partial charge in [-0.25, -0.2) is 9.78 Å². The predicted octanol–water partition coefficient (Wildman–Crippen LogP) is 4.73. The Bertz CT molecular complexity index is 1350. The molecule has 180 valence electrons. The number of benzene rings is 2. The van der Waals surface area contributed by atoms with Gasteiger partial charge < -0.3 is 10.2 Å². The quantitative estimate of drug-likeness (QED) is 0.437. The van der Waals surface area contributed by atoms with Gasteiger partial charge in [0.15, 0.2) is 0 Å². The fraction of sp³-hybridized carbons (Fsp3) is 0.370. The second-order valence-corrected chi connectivity index (χ2v) is 10.9. The van der Waals surface area contributed by atoms with E-state index in [1.807, 2.05) is 11.8 Å². The lowest BCUT2D eigenvalue weighted by atomic mass is 10.0. The zero-order valence-corrected chi connectivity index (χ0v) is 20.8. The van der Waals surface area contributed by atoms with E-state index < -0.39 is 0 Å². The molecule has 6 rings (SSSR count). The summed E-state index contributed by atoms with van der Waals surface area (Å²) in [5, 5.41) is 12.2. The minimum absolute atomic E-state index is 0.0277. The van der Waals surface area contributed by atoms with Crippen molar-refractivity contribution in [2.75, 3.05) is 19.6 Å². The maximum absolute atomic E-state index is 13.2. The third kappa shape index (κ3) is 4.68. The first-order valence-electron chi connectivity index (χ1n) is 12.4. The lowest BCUT2D eigenvalue weighted by Crippen LogP contribution is -2.52. The fourth-order valence-electron chi connectivity index (χ4n) is 5.32. The fourth-order valence-corrected chi connectivity index (χ4v) is 6.13. The van der Waals surface area contributed by atoms with E-state index in [0.29, 0.717) is 13.1 Å². The largest absolute Gasteiger partial charge is 0.334 e. The number of nitrogens with zero attached hydrogens (tertiary/aromatic N) is 4. The highest BCUT2D eigenvalue weighted by Crippen LogP contribution is 2.32. The molecule has 1 fully saturated rings. The molecule has 1 saturated heterocycles. The normalized spacial score (nSPS) is 18.5. The van der Waals surface area contributed by atoms with Gasteiger partial charge in [0.2, 0.25) is 0 Å². The molecule has 2 aromatic carbocycles. The number of carbonyl (C=O) groups excluding carboxylic acids is 1. The number of aromatic nitrogens is 3. The van der Waals surface area contributed by atoms with E-state index in [0.717, 1.165) is 71.9 Å². The molecule has 1 atom stereocenters. The molecular weight excluding hydrogens is 456 g/mol. The Kier molecular flexibility index (Phi) is 6.00. The molecule has 4 heterocycles. The highest BCUT2D eigenvalue weighted by Gasteiger charge is 2.28. The zero-order valence-electron chi connectivity index (χ0n) is 20.0. The smallest absolute Gasteiger partial charge is 0.317 e. The van der Waals surface area contributed by atoms with Crippen LogP contribution in [0.4, 0.5) is 4.79 Å². The number of hydrogen-bond acceptors (Lipinski definition) is 5. The number of nitrogens with one attached hydrogen (secondary N) is 2. The Morgan fingerprint density at radius 2 is 2.09 bits per heavy atom. The first kappa shape index (κ1) is 22.2. The van der Waals surface area contributed by atoms with Gasteiger partial charge in [-0.2, -0.15) is 5.10 Å². The minimum Gasteiger partial charge on any atom is -0.334 e. The summed E-state index contributed by atoms with van der Waals surface area (Å²) in [4.78, 5) is 22.3. The molecule has 2 aromatic heterocycles. The van der Waals surface area contributed by atoms with E-state index in [1.165, 1.54) is 10.3 Å². The van der Waals surface area contributed by atoms with E-state index >= 15 is 0 Å². The average molecular weight is 487 g/mol. The van der Waals surface area contributed by atoms with Crippen molar-refractivity contribution in [2.24, 2.45) is 0 Å². The number of amides is 2. The number of piperidine rings is 1. The summed E-state index contributed by atoms with van der Waals surface area (Å²) in [6.45, 7) is 6.21. The van der Waals surface area contributed by atoms with Gasteiger partial charge in [-0.05, 0) is 44.0 Å². The molecule has 2 N–H and O–H groups in total. The van der Waals surface area contributed by atoms with Crippen LogP contribution in [0.2, 0.25) is 0 Å². The van der Waals surface area contributed by atoms with Gasteiger partial charge in [-0.3, -0.25) is 10.00 Å². The molecular formula is C27H30N6OS. The van der Waals surface area contributed by atoms with E-state index in [-0.39, 0.29) is 12.1 Å². The van der Waals surface area contributed by atoms with Crippen molar-refractivity contribution >= 4 is 27.6 Å². The number of fused-ring (bicyclic) bond motifs is 2. The van der Waals surface area contributed by atoms with Crippen molar-refractivity contribution in [3.63, 3.8) is 0 Å². The number of likely N-dealkylation sites (tertiary alicyclic amines) is 1. The van der Waals surface area contributed by atoms with Gasteiger partial charge in [-0.15, -0.1) is 11.3 Å². The van der Waals surface area contributed by atoms with Crippen LogP contribution in [0.15, 0.2) is 48.5 Å². The van der Waals surface area contributed by atoms with Crippen molar-refractivity contribution in [3.05, 3.63) is 70.4 Å². The van der Waals surface area contributed by atoms with Crippen LogP contribution >= 0.6 is 11.3 Å². The number of carbonyl (C=O) groups is 1. The summed E-state index contributed by atoms with van der Waals surface area (Å²) < 4.78 is 1.19. The second kappa shape index (κ2) is 9.43. The molecule has 7 nitrogen and oxygen atoms in total. The Morgan fingerprint density at radius 1 is 1.20 bits per heavy atom. The summed E-state index contributed by atoms with van der Waals surface area (Å²) in [7, 11) is 0. The van der Waals surface area contributed by atoms with Crippen molar-refractivity contribution in [3.8, 4) is 11.3 Å². The predicted molar refractivity (Wildman–Crippen MR) is 139 cm³/mol. The summed E-state index contributed by atoms with van der Waals surface area (Å²) >= 11 is 1.70. The summed E-state index contributed by atoms with van der Waals surface area (Å²) in [5.74, 6) is 0. The summed E-state index contributed by atoms with van der Waals surface area (Å²) in [5.41, 5.74) is 6.55. The maximum Gasteiger partial charge on any atom is 0.317 e. The third-order valence-electron chi connectivity index (χ3n) is 7.07. The van der Waals surface area contributed by atoms with Gasteiger partial charge in [-0.1, -0.05) is 36.4 Å². The molecule has 0 bridgehead atoms. The van der Waals surface area contributed by atoms with Crippen molar-refractivity contribution in [2.45, 2.75) is 45.3 Å². The number of thiazole rings is 1. The average Bonchev–Trinajstić information content (AvgIpc) is 3.46. The number of urea groups is 1. The van der Waals surface area contributed by atoms with Crippen molar-refractivity contribution < 1.29 is 4.79 Å². The number of aryl methyl sites for hydroxylation is 1.